The molecule has 2 heterocycles. The largest absolute Gasteiger partial charge is 0.438 e. The Labute approximate surface area is 197 Å². The van der Waals surface area contributed by atoms with Gasteiger partial charge < -0.3 is 4.74 Å². The van der Waals surface area contributed by atoms with Crippen LogP contribution in [-0.4, -0.2) is 17.8 Å². The van der Waals surface area contributed by atoms with E-state index in [4.69, 9.17) is 4.74 Å². The van der Waals surface area contributed by atoms with Crippen molar-refractivity contribution in [2.75, 3.05) is 0 Å². The quantitative estimate of drug-likeness (QED) is 0.389. The molecule has 170 valence electrons. The van der Waals surface area contributed by atoms with E-state index in [2.05, 4.69) is 4.98 Å². The van der Waals surface area contributed by atoms with Crippen molar-refractivity contribution in [3.63, 3.8) is 0 Å². The minimum Gasteiger partial charge on any atom is -0.438 e. The zero-order chi connectivity index (χ0) is 24.5. The molecule has 0 aliphatic heterocycles. The van der Waals surface area contributed by atoms with Crippen molar-refractivity contribution < 1.29 is 13.2 Å². The Hall–Kier alpha value is -4.22. The summed E-state index contributed by atoms with van der Waals surface area (Å²) in [5.74, 6) is 0.387. The van der Waals surface area contributed by atoms with Gasteiger partial charge in [0.1, 0.15) is 27.9 Å². The molecule has 4 aromatic rings. The van der Waals surface area contributed by atoms with E-state index in [1.54, 1.807) is 42.5 Å². The molecule has 0 bridgehead atoms. The van der Waals surface area contributed by atoms with Crippen LogP contribution in [0.25, 0.3) is 11.7 Å². The minimum absolute atomic E-state index is 0.0447. The molecule has 0 saturated heterocycles. The maximum Gasteiger partial charge on any atom is 0.269 e. The second-order valence-electron chi connectivity index (χ2n) is 7.80. The molecular formula is C26H21N3O4S. The first-order valence-corrected chi connectivity index (χ1v) is 11.9. The zero-order valence-corrected chi connectivity index (χ0v) is 19.6. The molecule has 0 aliphatic carbocycles. The fourth-order valence-corrected chi connectivity index (χ4v) is 4.51. The third kappa shape index (κ3) is 4.21. The second-order valence-corrected chi connectivity index (χ2v) is 9.72. The second kappa shape index (κ2) is 8.96. The fraction of sp³-hybridized carbons (Fsp3) is 0.115. The summed E-state index contributed by atoms with van der Waals surface area (Å²) in [4.78, 5) is 17.2. The Kier molecular flexibility index (Phi) is 6.05. The lowest BCUT2D eigenvalue weighted by Gasteiger charge is -2.13. The summed E-state index contributed by atoms with van der Waals surface area (Å²) in [6.45, 7) is 5.63. The van der Waals surface area contributed by atoms with E-state index >= 15 is 0 Å². The van der Waals surface area contributed by atoms with E-state index in [1.165, 1.54) is 22.7 Å². The van der Waals surface area contributed by atoms with Crippen LogP contribution in [-0.2, 0) is 9.84 Å². The van der Waals surface area contributed by atoms with Gasteiger partial charge in [0.2, 0.25) is 15.7 Å². The van der Waals surface area contributed by atoms with Crippen LogP contribution in [0.5, 0.6) is 11.6 Å². The summed E-state index contributed by atoms with van der Waals surface area (Å²) < 4.78 is 33.6. The number of allylic oxidation sites excluding steroid dienone is 1. The first kappa shape index (κ1) is 23.0. The minimum atomic E-state index is -4.17. The number of fused-ring (bicyclic) bond motifs is 1. The maximum atomic E-state index is 13.3. The summed E-state index contributed by atoms with van der Waals surface area (Å²) in [5.41, 5.74) is 2.33. The number of benzene rings is 2. The van der Waals surface area contributed by atoms with E-state index in [1.807, 2.05) is 32.9 Å². The van der Waals surface area contributed by atoms with Gasteiger partial charge in [-0.2, -0.15) is 10.2 Å². The molecule has 0 spiro atoms. The van der Waals surface area contributed by atoms with Crippen molar-refractivity contribution in [1.29, 1.82) is 5.26 Å². The molecule has 7 nitrogen and oxygen atoms in total. The predicted octanol–water partition coefficient (Wildman–Crippen LogP) is 4.75. The Morgan fingerprint density at radius 3 is 2.47 bits per heavy atom. The van der Waals surface area contributed by atoms with Gasteiger partial charge >= 0.3 is 0 Å². The van der Waals surface area contributed by atoms with Crippen LogP contribution < -0.4 is 10.3 Å². The van der Waals surface area contributed by atoms with Crippen LogP contribution in [0.1, 0.15) is 22.3 Å². The molecule has 0 amide bonds. The lowest BCUT2D eigenvalue weighted by atomic mass is 10.1. The number of aromatic nitrogens is 2. The van der Waals surface area contributed by atoms with Gasteiger partial charge in [-0.25, -0.2) is 8.42 Å². The maximum absolute atomic E-state index is 13.3. The van der Waals surface area contributed by atoms with Crippen LogP contribution in [0.2, 0.25) is 0 Å². The van der Waals surface area contributed by atoms with E-state index in [0.717, 1.165) is 22.8 Å². The number of rotatable bonds is 5. The average molecular weight is 472 g/mol. The smallest absolute Gasteiger partial charge is 0.269 e. The molecule has 0 aliphatic rings. The summed E-state index contributed by atoms with van der Waals surface area (Å²) >= 11 is 0. The number of hydrogen-bond donors (Lipinski definition) is 0. The van der Waals surface area contributed by atoms with Gasteiger partial charge in [0.25, 0.3) is 5.56 Å². The van der Waals surface area contributed by atoms with E-state index in [-0.39, 0.29) is 16.3 Å². The zero-order valence-electron chi connectivity index (χ0n) is 18.8. The Bertz CT molecular complexity index is 1640. The Balaban J connectivity index is 1.95. The van der Waals surface area contributed by atoms with Crippen molar-refractivity contribution in [1.82, 2.24) is 9.38 Å². The van der Waals surface area contributed by atoms with Crippen LogP contribution in [0, 0.1) is 32.1 Å². The standard InChI is InChI=1S/C26H21N3O4S/c1-17-10-12-20(13-11-17)34(31,32)21(16-27)15-22-25(33-23-8-6-7-18(2)19(23)3)28-24-9-4-5-14-29(24)26(22)30/h4-15H,1-3H3/b21-15+. The van der Waals surface area contributed by atoms with Gasteiger partial charge in [-0.05, 0) is 68.3 Å². The summed E-state index contributed by atoms with van der Waals surface area (Å²) in [6.07, 6.45) is 2.55. The molecule has 2 aromatic carbocycles. The van der Waals surface area contributed by atoms with Gasteiger partial charge in [-0.1, -0.05) is 35.9 Å². The van der Waals surface area contributed by atoms with E-state index in [0.29, 0.717) is 11.4 Å². The molecule has 0 unspecified atom stereocenters. The number of pyridine rings is 1. The first-order chi connectivity index (χ1) is 16.2. The van der Waals surface area contributed by atoms with Gasteiger partial charge in [0, 0.05) is 6.20 Å². The van der Waals surface area contributed by atoms with Gasteiger partial charge in [0.05, 0.1) is 4.90 Å². The molecule has 0 atom stereocenters. The number of hydrogen-bond acceptors (Lipinski definition) is 6. The first-order valence-electron chi connectivity index (χ1n) is 10.4. The van der Waals surface area contributed by atoms with Crippen LogP contribution in [0.4, 0.5) is 0 Å². The molecule has 34 heavy (non-hydrogen) atoms. The number of ether oxygens (including phenoxy) is 1. The third-order valence-electron chi connectivity index (χ3n) is 5.50. The van der Waals surface area contributed by atoms with Gasteiger partial charge in [-0.15, -0.1) is 0 Å². The molecule has 0 radical (unpaired) electrons. The van der Waals surface area contributed by atoms with E-state index < -0.39 is 20.3 Å². The SMILES string of the molecule is Cc1ccc(S(=O)(=O)/C(C#N)=C/c2c(Oc3cccc(C)c3C)nc3ccccn3c2=O)cc1. The molecule has 8 heteroatoms. The summed E-state index contributed by atoms with van der Waals surface area (Å²) in [7, 11) is -4.17. The highest BCUT2D eigenvalue weighted by molar-refractivity contribution is 7.95. The number of sulfone groups is 1. The van der Waals surface area contributed by atoms with Crippen LogP contribution in [0.15, 0.2) is 81.5 Å². The normalized spacial score (nSPS) is 11.9. The van der Waals surface area contributed by atoms with E-state index in [9.17, 15) is 18.5 Å². The molecule has 2 aromatic heterocycles. The third-order valence-corrected chi connectivity index (χ3v) is 7.18. The van der Waals surface area contributed by atoms with Crippen molar-refractivity contribution in [2.45, 2.75) is 25.7 Å². The monoisotopic (exact) mass is 471 g/mol. The number of nitriles is 1. The number of nitrogens with zero attached hydrogens (tertiary/aromatic N) is 3. The Morgan fingerprint density at radius 2 is 1.76 bits per heavy atom. The highest BCUT2D eigenvalue weighted by Crippen LogP contribution is 2.29. The lowest BCUT2D eigenvalue weighted by Crippen LogP contribution is -2.19. The fourth-order valence-electron chi connectivity index (χ4n) is 3.37. The molecule has 0 N–H and O–H groups in total. The molecular weight excluding hydrogens is 450 g/mol. The average Bonchev–Trinajstić information content (AvgIpc) is 2.82. The highest BCUT2D eigenvalue weighted by Gasteiger charge is 2.23. The van der Waals surface area contributed by atoms with Crippen molar-refractivity contribution in [3.8, 4) is 17.7 Å². The van der Waals surface area contributed by atoms with Gasteiger partial charge in [-0.3, -0.25) is 9.20 Å². The highest BCUT2D eigenvalue weighted by atomic mass is 32.2. The van der Waals surface area contributed by atoms with Crippen LogP contribution >= 0.6 is 0 Å². The number of aryl methyl sites for hydroxylation is 2. The summed E-state index contributed by atoms with van der Waals surface area (Å²) in [6, 6.07) is 18.4. The topological polar surface area (TPSA) is 102 Å². The molecule has 0 fully saturated rings. The molecule has 0 saturated carbocycles. The van der Waals surface area contributed by atoms with Crippen LogP contribution in [0.3, 0.4) is 0 Å². The summed E-state index contributed by atoms with van der Waals surface area (Å²) in [5, 5.41) is 9.74. The van der Waals surface area contributed by atoms with Crippen molar-refractivity contribution >= 4 is 21.6 Å². The Morgan fingerprint density at radius 1 is 1.03 bits per heavy atom. The van der Waals surface area contributed by atoms with Crippen molar-refractivity contribution in [3.05, 3.63) is 104 Å². The van der Waals surface area contributed by atoms with Crippen molar-refractivity contribution in [2.24, 2.45) is 0 Å². The predicted molar refractivity (Wildman–Crippen MR) is 129 cm³/mol. The molecule has 4 rings (SSSR count). The lowest BCUT2D eigenvalue weighted by molar-refractivity contribution is 0.457. The van der Waals surface area contributed by atoms with Gasteiger partial charge in [0.15, 0.2) is 0 Å².